The van der Waals surface area contributed by atoms with E-state index in [1.807, 2.05) is 13.8 Å². The van der Waals surface area contributed by atoms with E-state index < -0.39 is 35.1 Å². The third-order valence-electron chi connectivity index (χ3n) is 3.58. The minimum absolute atomic E-state index is 0.0791. The first-order chi connectivity index (χ1) is 11.2. The molecule has 0 saturated carbocycles. The van der Waals surface area contributed by atoms with Gasteiger partial charge in [0.1, 0.15) is 17.6 Å². The second-order valence-electron chi connectivity index (χ2n) is 5.76. The van der Waals surface area contributed by atoms with Crippen molar-refractivity contribution in [3.05, 3.63) is 46.6 Å². The topological polar surface area (TPSA) is 101 Å². The normalized spacial score (nSPS) is 14.1. The van der Waals surface area contributed by atoms with Crippen molar-refractivity contribution >= 4 is 17.5 Å². The Labute approximate surface area is 139 Å². The molecule has 0 bridgehead atoms. The van der Waals surface area contributed by atoms with Gasteiger partial charge < -0.3 is 14.9 Å². The number of rotatable bonds is 4. The molecule has 0 aliphatic heterocycles. The number of esters is 1. The summed E-state index contributed by atoms with van der Waals surface area (Å²) in [4.78, 5) is 35.3. The van der Waals surface area contributed by atoms with Crippen LogP contribution in [-0.4, -0.2) is 27.7 Å². The lowest BCUT2D eigenvalue weighted by Crippen LogP contribution is -2.15. The molecule has 1 aromatic carbocycles. The Morgan fingerprint density at radius 2 is 1.71 bits per heavy atom. The average Bonchev–Trinajstić information content (AvgIpc) is 2.49. The highest BCUT2D eigenvalue weighted by Gasteiger charge is 2.31. The minimum Gasteiger partial charge on any atom is -0.507 e. The molecule has 6 heteroatoms. The second-order valence-corrected chi connectivity index (χ2v) is 5.76. The van der Waals surface area contributed by atoms with E-state index in [-0.39, 0.29) is 23.1 Å². The molecule has 2 rings (SSSR count). The number of ether oxygens (including phenoxy) is 1. The summed E-state index contributed by atoms with van der Waals surface area (Å²) in [6.45, 7) is 4.95. The van der Waals surface area contributed by atoms with Crippen molar-refractivity contribution in [2.75, 3.05) is 0 Å². The van der Waals surface area contributed by atoms with Gasteiger partial charge in [0, 0.05) is 18.9 Å². The molecule has 1 atom stereocenters. The highest BCUT2D eigenvalue weighted by molar-refractivity contribution is 6.24. The lowest BCUT2D eigenvalue weighted by atomic mass is 9.89. The van der Waals surface area contributed by atoms with E-state index in [0.29, 0.717) is 0 Å². The van der Waals surface area contributed by atoms with Crippen LogP contribution in [-0.2, 0) is 9.53 Å². The third-order valence-corrected chi connectivity index (χ3v) is 3.58. The number of hydrogen-bond acceptors (Lipinski definition) is 6. The SMILES string of the molecule is CC(=O)OC(CC=C(C)C)c1cc(O)c2c(c1O)C(=O)C=CC2=O. The van der Waals surface area contributed by atoms with Crippen LogP contribution in [0.25, 0.3) is 0 Å². The van der Waals surface area contributed by atoms with Gasteiger partial charge in [0.05, 0.1) is 11.1 Å². The zero-order valence-corrected chi connectivity index (χ0v) is 13.6. The summed E-state index contributed by atoms with van der Waals surface area (Å²) in [5, 5.41) is 20.6. The van der Waals surface area contributed by atoms with Crippen LogP contribution in [0, 0.1) is 0 Å². The Morgan fingerprint density at radius 1 is 1.12 bits per heavy atom. The molecule has 0 heterocycles. The van der Waals surface area contributed by atoms with Crippen molar-refractivity contribution < 1.29 is 29.3 Å². The number of hydrogen-bond donors (Lipinski definition) is 2. The molecule has 0 radical (unpaired) electrons. The number of phenolic OH excluding ortho intramolecular Hbond substituents is 2. The molecular formula is C18H18O6. The Kier molecular flexibility index (Phi) is 4.87. The molecule has 1 aliphatic carbocycles. The Morgan fingerprint density at radius 3 is 2.25 bits per heavy atom. The molecule has 0 amide bonds. The van der Waals surface area contributed by atoms with Gasteiger partial charge in [0.2, 0.25) is 0 Å². The first-order valence-corrected chi connectivity index (χ1v) is 7.38. The lowest BCUT2D eigenvalue weighted by molar-refractivity contribution is -0.146. The molecule has 0 spiro atoms. The molecule has 0 saturated heterocycles. The number of carbonyl (C=O) groups is 3. The molecule has 0 fully saturated rings. The largest absolute Gasteiger partial charge is 0.507 e. The minimum atomic E-state index is -0.887. The van der Waals surface area contributed by atoms with E-state index in [9.17, 15) is 24.6 Å². The van der Waals surface area contributed by atoms with E-state index in [0.717, 1.165) is 23.8 Å². The number of carbonyl (C=O) groups excluding carboxylic acids is 3. The maximum absolute atomic E-state index is 12.0. The molecule has 2 N–H and O–H groups in total. The van der Waals surface area contributed by atoms with Crippen molar-refractivity contribution in [2.24, 2.45) is 0 Å². The maximum atomic E-state index is 12.0. The predicted molar refractivity (Wildman–Crippen MR) is 86.1 cm³/mol. The fourth-order valence-corrected chi connectivity index (χ4v) is 2.51. The predicted octanol–water partition coefficient (Wildman–Crippen LogP) is 2.99. The summed E-state index contributed by atoms with van der Waals surface area (Å²) in [6, 6.07) is 1.16. The Balaban J connectivity index is 2.61. The number of benzene rings is 1. The summed E-state index contributed by atoms with van der Waals surface area (Å²) < 4.78 is 5.21. The maximum Gasteiger partial charge on any atom is 0.303 e. The average molecular weight is 330 g/mol. The molecule has 6 nitrogen and oxygen atoms in total. The van der Waals surface area contributed by atoms with E-state index in [4.69, 9.17) is 4.74 Å². The van der Waals surface area contributed by atoms with E-state index in [1.165, 1.54) is 6.92 Å². The van der Waals surface area contributed by atoms with Gasteiger partial charge in [-0.25, -0.2) is 0 Å². The van der Waals surface area contributed by atoms with Gasteiger partial charge in [-0.3, -0.25) is 14.4 Å². The van der Waals surface area contributed by atoms with E-state index >= 15 is 0 Å². The molecule has 1 unspecified atom stereocenters. The van der Waals surface area contributed by atoms with Crippen LogP contribution < -0.4 is 0 Å². The summed E-state index contributed by atoms with van der Waals surface area (Å²) in [7, 11) is 0. The van der Waals surface area contributed by atoms with Crippen LogP contribution in [0.5, 0.6) is 11.5 Å². The smallest absolute Gasteiger partial charge is 0.303 e. The fraction of sp³-hybridized carbons (Fsp3) is 0.278. The van der Waals surface area contributed by atoms with Gasteiger partial charge in [-0.2, -0.15) is 0 Å². The Hall–Kier alpha value is -2.89. The number of ketones is 2. The zero-order valence-electron chi connectivity index (χ0n) is 13.6. The molecule has 24 heavy (non-hydrogen) atoms. The third kappa shape index (κ3) is 3.37. The van der Waals surface area contributed by atoms with Gasteiger partial charge in [-0.05, 0) is 32.1 Å². The van der Waals surface area contributed by atoms with Crippen molar-refractivity contribution in [2.45, 2.75) is 33.3 Å². The highest BCUT2D eigenvalue weighted by Crippen LogP contribution is 2.40. The number of allylic oxidation sites excluding steroid dienone is 3. The first kappa shape index (κ1) is 17.5. The van der Waals surface area contributed by atoms with Crippen molar-refractivity contribution in [3.63, 3.8) is 0 Å². The van der Waals surface area contributed by atoms with Crippen molar-refractivity contribution in [1.29, 1.82) is 0 Å². The molecule has 1 aromatic rings. The highest BCUT2D eigenvalue weighted by atomic mass is 16.5. The number of aromatic hydroxyl groups is 2. The van der Waals surface area contributed by atoms with E-state index in [1.54, 1.807) is 6.08 Å². The van der Waals surface area contributed by atoms with Crippen LogP contribution in [0.15, 0.2) is 29.9 Å². The van der Waals surface area contributed by atoms with Crippen LogP contribution in [0.1, 0.15) is 59.6 Å². The summed E-state index contributed by atoms with van der Waals surface area (Å²) >= 11 is 0. The van der Waals surface area contributed by atoms with Gasteiger partial charge >= 0.3 is 5.97 Å². The molecular weight excluding hydrogens is 312 g/mol. The lowest BCUT2D eigenvalue weighted by Gasteiger charge is -2.21. The quantitative estimate of drug-likeness (QED) is 0.500. The monoisotopic (exact) mass is 330 g/mol. The van der Waals surface area contributed by atoms with Crippen LogP contribution in [0.2, 0.25) is 0 Å². The standard InChI is InChI=1S/C18H18O6/c1-9(2)4-7-15(24-10(3)19)11-8-14(22)16-12(20)5-6-13(21)17(16)18(11)23/h4-6,8,15,22-23H,7H2,1-3H3. The van der Waals surface area contributed by atoms with Crippen molar-refractivity contribution in [3.8, 4) is 11.5 Å². The molecule has 0 aromatic heterocycles. The molecule has 126 valence electrons. The van der Waals surface area contributed by atoms with Crippen molar-refractivity contribution in [1.82, 2.24) is 0 Å². The van der Waals surface area contributed by atoms with Crippen LogP contribution in [0.4, 0.5) is 0 Å². The summed E-state index contributed by atoms with van der Waals surface area (Å²) in [5.74, 6) is -2.63. The van der Waals surface area contributed by atoms with Crippen LogP contribution >= 0.6 is 0 Å². The number of phenols is 2. The second kappa shape index (κ2) is 6.70. The summed E-state index contributed by atoms with van der Waals surface area (Å²) in [6.07, 6.45) is 3.24. The van der Waals surface area contributed by atoms with Gasteiger partial charge in [-0.15, -0.1) is 0 Å². The zero-order chi connectivity index (χ0) is 18.0. The number of fused-ring (bicyclic) bond motifs is 1. The molecule has 1 aliphatic rings. The Bertz CT molecular complexity index is 781. The fourth-order valence-electron chi connectivity index (χ4n) is 2.51. The summed E-state index contributed by atoms with van der Waals surface area (Å²) in [5.41, 5.74) is 0.540. The van der Waals surface area contributed by atoms with Crippen LogP contribution in [0.3, 0.4) is 0 Å². The van der Waals surface area contributed by atoms with Gasteiger partial charge in [-0.1, -0.05) is 11.6 Å². The van der Waals surface area contributed by atoms with Gasteiger partial charge in [0.25, 0.3) is 0 Å². The van der Waals surface area contributed by atoms with Gasteiger partial charge in [0.15, 0.2) is 11.6 Å². The first-order valence-electron chi connectivity index (χ1n) is 7.38. The van der Waals surface area contributed by atoms with E-state index in [2.05, 4.69) is 0 Å².